The second-order valence-corrected chi connectivity index (χ2v) is 5.75. The van der Waals surface area contributed by atoms with Crippen molar-refractivity contribution < 1.29 is 4.79 Å². The minimum absolute atomic E-state index is 0.0687. The molecular weight excluding hydrogens is 266 g/mol. The van der Waals surface area contributed by atoms with Gasteiger partial charge in [0.25, 0.3) is 5.91 Å². The number of carbonyl (C=O) groups is 1. The highest BCUT2D eigenvalue weighted by Gasteiger charge is 2.26. The molecule has 6 heteroatoms. The molecule has 2 aromatic rings. The van der Waals surface area contributed by atoms with Gasteiger partial charge in [-0.25, -0.2) is 4.98 Å². The van der Waals surface area contributed by atoms with E-state index in [9.17, 15) is 4.79 Å². The Hall–Kier alpha value is -1.95. The molecule has 0 aliphatic carbocycles. The minimum Gasteiger partial charge on any atom is -0.333 e. The first-order valence-corrected chi connectivity index (χ1v) is 7.31. The normalized spacial score (nSPS) is 19.2. The third-order valence-electron chi connectivity index (χ3n) is 4.18. The van der Waals surface area contributed by atoms with Gasteiger partial charge in [0.05, 0.1) is 17.0 Å². The second kappa shape index (κ2) is 5.11. The van der Waals surface area contributed by atoms with Crippen LogP contribution in [0.1, 0.15) is 28.7 Å². The molecule has 1 aliphatic heterocycles. The van der Waals surface area contributed by atoms with Gasteiger partial charge >= 0.3 is 0 Å². The molecule has 3 heterocycles. The molecule has 0 unspecified atom stereocenters. The molecule has 0 spiro atoms. The maximum Gasteiger partial charge on any atom is 0.256 e. The zero-order chi connectivity index (χ0) is 15.1. The lowest BCUT2D eigenvalue weighted by Crippen LogP contribution is -2.52. The van der Waals surface area contributed by atoms with Crippen molar-refractivity contribution in [2.24, 2.45) is 7.05 Å². The number of fused-ring (bicyclic) bond motifs is 1. The number of hydrogen-bond acceptors (Lipinski definition) is 4. The molecule has 1 atom stereocenters. The van der Waals surface area contributed by atoms with Gasteiger partial charge in [0.2, 0.25) is 0 Å². The van der Waals surface area contributed by atoms with Gasteiger partial charge in [0.1, 0.15) is 0 Å². The first-order valence-electron chi connectivity index (χ1n) is 7.31. The lowest BCUT2D eigenvalue weighted by molar-refractivity contribution is 0.0654. The zero-order valence-electron chi connectivity index (χ0n) is 13.0. The van der Waals surface area contributed by atoms with Crippen LogP contribution in [0.25, 0.3) is 11.0 Å². The van der Waals surface area contributed by atoms with Crippen LogP contribution in [0, 0.1) is 13.8 Å². The van der Waals surface area contributed by atoms with E-state index in [4.69, 9.17) is 0 Å². The predicted molar refractivity (Wildman–Crippen MR) is 81.4 cm³/mol. The van der Waals surface area contributed by atoms with Crippen molar-refractivity contribution in [2.45, 2.75) is 26.8 Å². The van der Waals surface area contributed by atoms with Gasteiger partial charge in [-0.2, -0.15) is 5.10 Å². The Kier molecular flexibility index (Phi) is 3.41. The Morgan fingerprint density at radius 2 is 2.14 bits per heavy atom. The first-order chi connectivity index (χ1) is 9.99. The van der Waals surface area contributed by atoms with Crippen molar-refractivity contribution in [2.75, 3.05) is 19.6 Å². The number of nitrogens with one attached hydrogen (secondary N) is 1. The SMILES string of the molecule is Cc1nc2c(cc1C(=O)N1CCNC[C@H]1C)c(C)nn2C. The molecule has 1 amide bonds. The number of pyridine rings is 1. The molecule has 1 saturated heterocycles. The molecule has 6 nitrogen and oxygen atoms in total. The minimum atomic E-state index is 0.0687. The van der Waals surface area contributed by atoms with E-state index in [1.807, 2.05) is 31.9 Å². The summed E-state index contributed by atoms with van der Waals surface area (Å²) in [5.41, 5.74) is 3.19. The van der Waals surface area contributed by atoms with Crippen molar-refractivity contribution >= 4 is 16.9 Å². The number of rotatable bonds is 1. The van der Waals surface area contributed by atoms with Crippen LogP contribution in [0.3, 0.4) is 0 Å². The van der Waals surface area contributed by atoms with Gasteiger partial charge in [-0.05, 0) is 26.8 Å². The van der Waals surface area contributed by atoms with Crippen molar-refractivity contribution in [3.05, 3.63) is 23.0 Å². The van der Waals surface area contributed by atoms with E-state index in [-0.39, 0.29) is 11.9 Å². The number of aryl methyl sites for hydroxylation is 3. The Labute approximate surface area is 124 Å². The number of aromatic nitrogens is 3. The van der Waals surface area contributed by atoms with Crippen molar-refractivity contribution in [1.29, 1.82) is 0 Å². The van der Waals surface area contributed by atoms with Gasteiger partial charge in [-0.1, -0.05) is 0 Å². The third kappa shape index (κ3) is 2.29. The first kappa shape index (κ1) is 14.0. The summed E-state index contributed by atoms with van der Waals surface area (Å²) in [6.45, 7) is 8.33. The highest BCUT2D eigenvalue weighted by atomic mass is 16.2. The summed E-state index contributed by atoms with van der Waals surface area (Å²) in [5, 5.41) is 8.64. The van der Waals surface area contributed by atoms with Crippen LogP contribution >= 0.6 is 0 Å². The van der Waals surface area contributed by atoms with E-state index in [1.54, 1.807) is 4.68 Å². The number of carbonyl (C=O) groups excluding carboxylic acids is 1. The lowest BCUT2D eigenvalue weighted by atomic mass is 10.1. The summed E-state index contributed by atoms with van der Waals surface area (Å²) in [4.78, 5) is 19.3. The number of amides is 1. The van der Waals surface area contributed by atoms with E-state index >= 15 is 0 Å². The molecule has 0 bridgehead atoms. The largest absolute Gasteiger partial charge is 0.333 e. The van der Waals surface area contributed by atoms with E-state index in [0.29, 0.717) is 5.56 Å². The highest BCUT2D eigenvalue weighted by molar-refractivity contribution is 5.98. The second-order valence-electron chi connectivity index (χ2n) is 5.75. The highest BCUT2D eigenvalue weighted by Crippen LogP contribution is 2.21. The summed E-state index contributed by atoms with van der Waals surface area (Å²) in [6.07, 6.45) is 0. The van der Waals surface area contributed by atoms with Crippen LogP contribution in [0.5, 0.6) is 0 Å². The van der Waals surface area contributed by atoms with E-state index in [0.717, 1.165) is 42.1 Å². The summed E-state index contributed by atoms with van der Waals surface area (Å²) >= 11 is 0. The van der Waals surface area contributed by atoms with Crippen molar-refractivity contribution in [3.8, 4) is 0 Å². The molecule has 1 N–H and O–H groups in total. The van der Waals surface area contributed by atoms with Crippen LogP contribution in [0.2, 0.25) is 0 Å². The molecule has 2 aromatic heterocycles. The fourth-order valence-electron chi connectivity index (χ4n) is 2.95. The number of nitrogens with zero attached hydrogens (tertiary/aromatic N) is 4. The van der Waals surface area contributed by atoms with Gasteiger partial charge in [0.15, 0.2) is 5.65 Å². The molecule has 1 fully saturated rings. The molecule has 112 valence electrons. The summed E-state index contributed by atoms with van der Waals surface area (Å²) in [5.74, 6) is 0.0687. The summed E-state index contributed by atoms with van der Waals surface area (Å²) in [6, 6.07) is 2.15. The molecule has 0 radical (unpaired) electrons. The van der Waals surface area contributed by atoms with E-state index < -0.39 is 0 Å². The van der Waals surface area contributed by atoms with E-state index in [2.05, 4.69) is 22.3 Å². The number of hydrogen-bond donors (Lipinski definition) is 1. The molecule has 0 saturated carbocycles. The fraction of sp³-hybridized carbons (Fsp3) is 0.533. The molecular formula is C15H21N5O. The summed E-state index contributed by atoms with van der Waals surface area (Å²) < 4.78 is 1.76. The lowest BCUT2D eigenvalue weighted by Gasteiger charge is -2.34. The van der Waals surface area contributed by atoms with Crippen LogP contribution in [0.4, 0.5) is 0 Å². The third-order valence-corrected chi connectivity index (χ3v) is 4.18. The standard InChI is InChI=1S/C15H21N5O/c1-9-8-16-5-6-20(9)15(21)13-7-12-11(3)18-19(4)14(12)17-10(13)2/h7,9,16H,5-6,8H2,1-4H3/t9-/m1/s1. The smallest absolute Gasteiger partial charge is 0.256 e. The molecule has 1 aliphatic rings. The summed E-state index contributed by atoms with van der Waals surface area (Å²) in [7, 11) is 1.88. The molecule has 3 rings (SSSR count). The predicted octanol–water partition coefficient (Wildman–Crippen LogP) is 1.02. The maximum absolute atomic E-state index is 12.8. The van der Waals surface area contributed by atoms with Crippen molar-refractivity contribution in [1.82, 2.24) is 25.0 Å². The Balaban J connectivity index is 2.05. The number of piperazine rings is 1. The van der Waals surface area contributed by atoms with Crippen molar-refractivity contribution in [3.63, 3.8) is 0 Å². The molecule has 21 heavy (non-hydrogen) atoms. The van der Waals surface area contributed by atoms with Gasteiger partial charge in [-0.3, -0.25) is 9.48 Å². The maximum atomic E-state index is 12.8. The quantitative estimate of drug-likeness (QED) is 0.850. The Bertz CT molecular complexity index is 706. The van der Waals surface area contributed by atoms with E-state index in [1.165, 1.54) is 0 Å². The van der Waals surface area contributed by atoms with Gasteiger partial charge < -0.3 is 10.2 Å². The average Bonchev–Trinajstić information content (AvgIpc) is 2.72. The monoisotopic (exact) mass is 287 g/mol. The van der Waals surface area contributed by atoms with Crippen LogP contribution < -0.4 is 5.32 Å². The topological polar surface area (TPSA) is 63.1 Å². The Morgan fingerprint density at radius 1 is 1.38 bits per heavy atom. The average molecular weight is 287 g/mol. The van der Waals surface area contributed by atoms with Crippen LogP contribution in [-0.2, 0) is 7.05 Å². The van der Waals surface area contributed by atoms with Gasteiger partial charge in [0, 0.05) is 38.1 Å². The van der Waals surface area contributed by atoms with Crippen LogP contribution in [0.15, 0.2) is 6.07 Å². The molecule has 0 aromatic carbocycles. The fourth-order valence-corrected chi connectivity index (χ4v) is 2.95. The van der Waals surface area contributed by atoms with Gasteiger partial charge in [-0.15, -0.1) is 0 Å². The van der Waals surface area contributed by atoms with Crippen LogP contribution in [-0.4, -0.2) is 51.2 Å². The Morgan fingerprint density at radius 3 is 2.86 bits per heavy atom. The zero-order valence-corrected chi connectivity index (χ0v) is 13.0.